The fourth-order valence-corrected chi connectivity index (χ4v) is 2.73. The van der Waals surface area contributed by atoms with E-state index in [0.717, 1.165) is 31.2 Å². The highest BCUT2D eigenvalue weighted by molar-refractivity contribution is 5.90. The lowest BCUT2D eigenvalue weighted by Gasteiger charge is -2.21. The molecule has 2 amide bonds. The molecule has 1 atom stereocenters. The van der Waals surface area contributed by atoms with Gasteiger partial charge in [0.25, 0.3) is 0 Å². The number of hydrogen-bond donors (Lipinski definition) is 2. The van der Waals surface area contributed by atoms with Crippen LogP contribution in [-0.4, -0.2) is 17.9 Å². The molecular formula is C17H24N2O2. The van der Waals surface area contributed by atoms with Gasteiger partial charge in [-0.2, -0.15) is 0 Å². The average molecular weight is 288 g/mol. The first-order valence-corrected chi connectivity index (χ1v) is 7.73. The number of carbonyl (C=O) groups excluding carboxylic acids is 2. The molecule has 1 aromatic carbocycles. The summed E-state index contributed by atoms with van der Waals surface area (Å²) < 4.78 is 0. The smallest absolute Gasteiger partial charge is 0.315 e. The molecule has 0 saturated heterocycles. The van der Waals surface area contributed by atoms with Crippen LogP contribution in [0.2, 0.25) is 0 Å². The minimum Gasteiger partial charge on any atom is -0.335 e. The van der Waals surface area contributed by atoms with Crippen LogP contribution in [0.25, 0.3) is 0 Å². The molecule has 0 radical (unpaired) electrons. The lowest BCUT2D eigenvalue weighted by molar-refractivity contribution is -0.123. The van der Waals surface area contributed by atoms with E-state index in [2.05, 4.69) is 10.6 Å². The zero-order valence-corrected chi connectivity index (χ0v) is 12.8. The van der Waals surface area contributed by atoms with Crippen molar-refractivity contribution in [2.45, 2.75) is 51.6 Å². The number of urea groups is 1. The molecule has 0 spiro atoms. The van der Waals surface area contributed by atoms with Crippen LogP contribution in [0.15, 0.2) is 30.3 Å². The highest BCUT2D eigenvalue weighted by atomic mass is 16.2. The van der Waals surface area contributed by atoms with E-state index in [9.17, 15) is 9.59 Å². The maximum Gasteiger partial charge on any atom is 0.315 e. The van der Waals surface area contributed by atoms with E-state index in [1.165, 1.54) is 0 Å². The van der Waals surface area contributed by atoms with E-state index in [0.29, 0.717) is 0 Å². The Kier molecular flexibility index (Phi) is 5.37. The number of Topliss-reactive ketones (excluding diaryl/α,β-unsaturated/α-hetero) is 1. The predicted octanol–water partition coefficient (Wildman–Crippen LogP) is 3.19. The molecule has 4 nitrogen and oxygen atoms in total. The second kappa shape index (κ2) is 7.25. The van der Waals surface area contributed by atoms with E-state index in [-0.39, 0.29) is 23.8 Å². The first-order chi connectivity index (χ1) is 10.1. The molecule has 2 rings (SSSR count). The van der Waals surface area contributed by atoms with Crippen molar-refractivity contribution in [3.05, 3.63) is 35.9 Å². The first-order valence-electron chi connectivity index (χ1n) is 7.73. The molecule has 1 saturated carbocycles. The predicted molar refractivity (Wildman–Crippen MR) is 83.0 cm³/mol. The molecule has 1 aromatic rings. The van der Waals surface area contributed by atoms with Crippen LogP contribution >= 0.6 is 0 Å². The molecule has 0 aromatic heterocycles. The summed E-state index contributed by atoms with van der Waals surface area (Å²) in [6.07, 6.45) is 4.39. The Labute approximate surface area is 126 Å². The molecular weight excluding hydrogens is 264 g/mol. The Balaban J connectivity index is 2.05. The van der Waals surface area contributed by atoms with Crippen molar-refractivity contribution in [1.29, 1.82) is 0 Å². The number of ketones is 1. The monoisotopic (exact) mass is 288 g/mol. The van der Waals surface area contributed by atoms with Gasteiger partial charge in [-0.15, -0.1) is 0 Å². The Morgan fingerprint density at radius 1 is 1.10 bits per heavy atom. The van der Waals surface area contributed by atoms with Crippen molar-refractivity contribution in [2.24, 2.45) is 5.92 Å². The van der Waals surface area contributed by atoms with Crippen LogP contribution in [0.3, 0.4) is 0 Å². The molecule has 1 aliphatic carbocycles. The van der Waals surface area contributed by atoms with Crippen molar-refractivity contribution in [1.82, 2.24) is 10.6 Å². The maximum absolute atomic E-state index is 12.4. The molecule has 4 heteroatoms. The molecule has 114 valence electrons. The third-order valence-corrected chi connectivity index (χ3v) is 3.95. The summed E-state index contributed by atoms with van der Waals surface area (Å²) >= 11 is 0. The van der Waals surface area contributed by atoms with Gasteiger partial charge in [-0.25, -0.2) is 4.79 Å². The second-order valence-corrected chi connectivity index (χ2v) is 6.00. The Hall–Kier alpha value is -1.84. The van der Waals surface area contributed by atoms with Gasteiger partial charge in [0, 0.05) is 12.0 Å². The number of rotatable bonds is 5. The highest BCUT2D eigenvalue weighted by Gasteiger charge is 2.26. The van der Waals surface area contributed by atoms with E-state index in [4.69, 9.17) is 0 Å². The molecule has 0 aliphatic heterocycles. The van der Waals surface area contributed by atoms with Gasteiger partial charge in [-0.1, -0.05) is 57.0 Å². The van der Waals surface area contributed by atoms with Crippen molar-refractivity contribution >= 4 is 11.8 Å². The Morgan fingerprint density at radius 2 is 1.71 bits per heavy atom. The molecule has 21 heavy (non-hydrogen) atoms. The van der Waals surface area contributed by atoms with Crippen molar-refractivity contribution in [3.63, 3.8) is 0 Å². The van der Waals surface area contributed by atoms with Crippen LogP contribution in [0.1, 0.15) is 51.1 Å². The van der Waals surface area contributed by atoms with Crippen molar-refractivity contribution in [2.75, 3.05) is 0 Å². The van der Waals surface area contributed by atoms with Gasteiger partial charge < -0.3 is 10.6 Å². The number of benzene rings is 1. The summed E-state index contributed by atoms with van der Waals surface area (Å²) in [5.74, 6) is -0.0928. The summed E-state index contributed by atoms with van der Waals surface area (Å²) in [5.41, 5.74) is 0.831. The van der Waals surface area contributed by atoms with Gasteiger partial charge in [-0.05, 0) is 18.4 Å². The van der Waals surface area contributed by atoms with Gasteiger partial charge in [-0.3, -0.25) is 4.79 Å². The first kappa shape index (κ1) is 15.5. The molecule has 0 bridgehead atoms. The van der Waals surface area contributed by atoms with Gasteiger partial charge >= 0.3 is 6.03 Å². The van der Waals surface area contributed by atoms with Crippen LogP contribution in [0, 0.1) is 5.92 Å². The SMILES string of the molecule is CC(C)C(=O)[C@H](NC(=O)NC1CCCC1)c1ccccc1. The summed E-state index contributed by atoms with van der Waals surface area (Å²) in [7, 11) is 0. The third kappa shape index (κ3) is 4.31. The zero-order valence-electron chi connectivity index (χ0n) is 12.8. The number of nitrogens with one attached hydrogen (secondary N) is 2. The largest absolute Gasteiger partial charge is 0.335 e. The van der Waals surface area contributed by atoms with Crippen LogP contribution < -0.4 is 10.6 Å². The number of carbonyl (C=O) groups is 2. The summed E-state index contributed by atoms with van der Waals surface area (Å²) in [5, 5.41) is 5.81. The number of hydrogen-bond acceptors (Lipinski definition) is 2. The minimum absolute atomic E-state index is 0.0303. The average Bonchev–Trinajstić information content (AvgIpc) is 2.97. The lowest BCUT2D eigenvalue weighted by Crippen LogP contribution is -2.45. The fraction of sp³-hybridized carbons (Fsp3) is 0.529. The fourth-order valence-electron chi connectivity index (χ4n) is 2.73. The van der Waals surface area contributed by atoms with Crippen LogP contribution in [-0.2, 0) is 4.79 Å². The maximum atomic E-state index is 12.4. The lowest BCUT2D eigenvalue weighted by atomic mass is 9.95. The summed E-state index contributed by atoms with van der Waals surface area (Å²) in [4.78, 5) is 24.5. The van der Waals surface area contributed by atoms with Crippen LogP contribution in [0.5, 0.6) is 0 Å². The van der Waals surface area contributed by atoms with Crippen molar-refractivity contribution < 1.29 is 9.59 Å². The third-order valence-electron chi connectivity index (χ3n) is 3.95. The van der Waals surface area contributed by atoms with Crippen LogP contribution in [0.4, 0.5) is 4.79 Å². The second-order valence-electron chi connectivity index (χ2n) is 6.00. The normalized spacial score (nSPS) is 16.7. The molecule has 1 fully saturated rings. The van der Waals surface area contributed by atoms with Gasteiger partial charge in [0.1, 0.15) is 6.04 Å². The Morgan fingerprint density at radius 3 is 2.29 bits per heavy atom. The quantitative estimate of drug-likeness (QED) is 0.874. The van der Waals surface area contributed by atoms with Gasteiger partial charge in [0.2, 0.25) is 0 Å². The van der Waals surface area contributed by atoms with E-state index < -0.39 is 6.04 Å². The molecule has 0 unspecified atom stereocenters. The Bertz CT molecular complexity index is 479. The topological polar surface area (TPSA) is 58.2 Å². The summed E-state index contributed by atoms with van der Waals surface area (Å²) in [6.45, 7) is 3.71. The molecule has 2 N–H and O–H groups in total. The molecule has 1 aliphatic rings. The van der Waals surface area contributed by atoms with Crippen molar-refractivity contribution in [3.8, 4) is 0 Å². The van der Waals surface area contributed by atoms with Gasteiger partial charge in [0.15, 0.2) is 5.78 Å². The summed E-state index contributed by atoms with van der Waals surface area (Å²) in [6, 6.07) is 8.84. The van der Waals surface area contributed by atoms with E-state index >= 15 is 0 Å². The minimum atomic E-state index is -0.576. The van der Waals surface area contributed by atoms with E-state index in [1.54, 1.807) is 0 Å². The zero-order chi connectivity index (χ0) is 15.2. The van der Waals surface area contributed by atoms with E-state index in [1.807, 2.05) is 44.2 Å². The van der Waals surface area contributed by atoms with Gasteiger partial charge in [0.05, 0.1) is 0 Å². The highest BCUT2D eigenvalue weighted by Crippen LogP contribution is 2.19. The molecule has 0 heterocycles. The standard InChI is InChI=1S/C17H24N2O2/c1-12(2)16(20)15(13-8-4-3-5-9-13)19-17(21)18-14-10-6-7-11-14/h3-5,8-9,12,14-15H,6-7,10-11H2,1-2H3,(H2,18,19,21)/t15-/m1/s1. The number of amides is 2.